The molecule has 0 heterocycles. The van der Waals surface area contributed by atoms with Crippen LogP contribution in [0.15, 0.2) is 11.1 Å². The van der Waals surface area contributed by atoms with Gasteiger partial charge in [0.15, 0.2) is 5.78 Å². The van der Waals surface area contributed by atoms with E-state index in [0.717, 1.165) is 42.1 Å². The van der Waals surface area contributed by atoms with E-state index in [1.165, 1.54) is 50.5 Å². The van der Waals surface area contributed by atoms with Crippen LogP contribution in [0.25, 0.3) is 0 Å². The third-order valence-electron chi connectivity index (χ3n) is 11.4. The standard InChI is InChI=1S/C29H48O2/c1-18(2)19(3)25(31)17-27(4,5)26-11-10-23-22-9-8-20-16-21(30)12-14-28(20,6)24(22)13-15-29(23,26)7/h20-24,26,30H,8-17H2,1-7H3/t20?,21?,22-,23-,24-,26+,28-,29-/m0/s1. The van der Waals surface area contributed by atoms with Gasteiger partial charge in [0.2, 0.25) is 0 Å². The number of hydrogen-bond acceptors (Lipinski definition) is 2. The lowest BCUT2D eigenvalue weighted by atomic mass is 9.44. The van der Waals surface area contributed by atoms with E-state index >= 15 is 0 Å². The Morgan fingerprint density at radius 3 is 2.23 bits per heavy atom. The maximum Gasteiger partial charge on any atom is 0.159 e. The third-order valence-corrected chi connectivity index (χ3v) is 11.4. The number of carbonyl (C=O) groups is 1. The van der Waals surface area contributed by atoms with Gasteiger partial charge in [0, 0.05) is 6.42 Å². The van der Waals surface area contributed by atoms with Crippen LogP contribution in [-0.4, -0.2) is 17.0 Å². The highest BCUT2D eigenvalue weighted by Gasteiger charge is 2.61. The van der Waals surface area contributed by atoms with Crippen molar-refractivity contribution in [3.8, 4) is 0 Å². The highest BCUT2D eigenvalue weighted by atomic mass is 16.3. The second-order valence-electron chi connectivity index (χ2n) is 13.5. The Morgan fingerprint density at radius 1 is 0.903 bits per heavy atom. The van der Waals surface area contributed by atoms with Crippen LogP contribution in [0.1, 0.15) is 113 Å². The minimum absolute atomic E-state index is 0.0538. The van der Waals surface area contributed by atoms with Crippen LogP contribution in [0.4, 0.5) is 0 Å². The molecule has 2 heteroatoms. The van der Waals surface area contributed by atoms with Gasteiger partial charge < -0.3 is 5.11 Å². The molecule has 0 bridgehead atoms. The number of aliphatic hydroxyl groups excluding tert-OH is 1. The Labute approximate surface area is 191 Å². The molecule has 0 aromatic heterocycles. The van der Waals surface area contributed by atoms with Crippen molar-refractivity contribution >= 4 is 5.78 Å². The maximum absolute atomic E-state index is 13.0. The molecule has 0 amide bonds. The average molecular weight is 429 g/mol. The van der Waals surface area contributed by atoms with Crippen LogP contribution in [0.5, 0.6) is 0 Å². The summed E-state index contributed by atoms with van der Waals surface area (Å²) in [5.74, 6) is 4.30. The lowest BCUT2D eigenvalue weighted by Crippen LogP contribution is -2.54. The van der Waals surface area contributed by atoms with E-state index in [1.54, 1.807) is 0 Å². The molecule has 2 unspecified atom stereocenters. The Balaban J connectivity index is 1.54. The Bertz CT molecular complexity index is 744. The minimum Gasteiger partial charge on any atom is -0.393 e. The number of carbonyl (C=O) groups excluding carboxylic acids is 1. The normalized spacial score (nSPS) is 44.8. The molecule has 176 valence electrons. The first-order valence-corrected chi connectivity index (χ1v) is 13.3. The topological polar surface area (TPSA) is 37.3 Å². The zero-order valence-electron chi connectivity index (χ0n) is 21.4. The minimum atomic E-state index is -0.0538. The van der Waals surface area contributed by atoms with E-state index < -0.39 is 0 Å². The van der Waals surface area contributed by atoms with Gasteiger partial charge in [0.05, 0.1) is 6.10 Å². The zero-order chi connectivity index (χ0) is 22.8. The fourth-order valence-corrected chi connectivity index (χ4v) is 9.47. The van der Waals surface area contributed by atoms with E-state index in [0.29, 0.717) is 29.0 Å². The van der Waals surface area contributed by atoms with E-state index in [1.807, 2.05) is 6.92 Å². The number of hydrogen-bond donors (Lipinski definition) is 1. The second kappa shape index (κ2) is 8.00. The van der Waals surface area contributed by atoms with Crippen molar-refractivity contribution in [1.29, 1.82) is 0 Å². The highest BCUT2D eigenvalue weighted by molar-refractivity contribution is 5.95. The summed E-state index contributed by atoms with van der Waals surface area (Å²) in [4.78, 5) is 13.0. The average Bonchev–Trinajstić information content (AvgIpc) is 3.05. The van der Waals surface area contributed by atoms with E-state index in [-0.39, 0.29) is 11.5 Å². The van der Waals surface area contributed by atoms with Gasteiger partial charge in [0.1, 0.15) is 0 Å². The maximum atomic E-state index is 13.0. The lowest BCUT2D eigenvalue weighted by molar-refractivity contribution is -0.135. The van der Waals surface area contributed by atoms with Gasteiger partial charge in [-0.1, -0.05) is 33.3 Å². The van der Waals surface area contributed by atoms with Crippen molar-refractivity contribution in [2.75, 3.05) is 0 Å². The third kappa shape index (κ3) is 3.77. The molecule has 0 spiro atoms. The van der Waals surface area contributed by atoms with Crippen molar-refractivity contribution in [2.24, 2.45) is 45.8 Å². The van der Waals surface area contributed by atoms with Crippen LogP contribution in [0.2, 0.25) is 0 Å². The van der Waals surface area contributed by atoms with Gasteiger partial charge >= 0.3 is 0 Å². The predicted octanol–water partition coefficient (Wildman–Crippen LogP) is 7.35. The van der Waals surface area contributed by atoms with Crippen LogP contribution >= 0.6 is 0 Å². The summed E-state index contributed by atoms with van der Waals surface area (Å²) < 4.78 is 0. The number of allylic oxidation sites excluding steroid dienone is 2. The molecular formula is C29H48O2. The van der Waals surface area contributed by atoms with Gasteiger partial charge in [0.25, 0.3) is 0 Å². The Morgan fingerprint density at radius 2 is 1.55 bits per heavy atom. The number of fused-ring (bicyclic) bond motifs is 5. The van der Waals surface area contributed by atoms with Gasteiger partial charge in [-0.3, -0.25) is 4.79 Å². The highest BCUT2D eigenvalue weighted by Crippen LogP contribution is 2.69. The van der Waals surface area contributed by atoms with Crippen molar-refractivity contribution in [3.05, 3.63) is 11.1 Å². The molecule has 31 heavy (non-hydrogen) atoms. The van der Waals surface area contributed by atoms with E-state index in [4.69, 9.17) is 0 Å². The fourth-order valence-electron chi connectivity index (χ4n) is 9.47. The number of Topliss-reactive ketones (excluding diaryl/α,β-unsaturated/α-hetero) is 1. The number of rotatable bonds is 4. The van der Waals surface area contributed by atoms with Crippen LogP contribution in [0, 0.1) is 45.8 Å². The van der Waals surface area contributed by atoms with Gasteiger partial charge in [-0.05, 0) is 130 Å². The van der Waals surface area contributed by atoms with Crippen molar-refractivity contribution < 1.29 is 9.90 Å². The molecule has 0 aromatic carbocycles. The van der Waals surface area contributed by atoms with E-state index in [9.17, 15) is 9.90 Å². The van der Waals surface area contributed by atoms with Gasteiger partial charge in [-0.15, -0.1) is 0 Å². The van der Waals surface area contributed by atoms with Crippen LogP contribution < -0.4 is 0 Å². The molecule has 4 fully saturated rings. The first-order chi connectivity index (χ1) is 14.4. The molecule has 4 saturated carbocycles. The monoisotopic (exact) mass is 428 g/mol. The van der Waals surface area contributed by atoms with Gasteiger partial charge in [-0.2, -0.15) is 0 Å². The fraction of sp³-hybridized carbons (Fsp3) is 0.897. The summed E-state index contributed by atoms with van der Waals surface area (Å²) in [6.45, 7) is 16.1. The second-order valence-corrected chi connectivity index (χ2v) is 13.5. The van der Waals surface area contributed by atoms with Crippen molar-refractivity contribution in [1.82, 2.24) is 0 Å². The smallest absolute Gasteiger partial charge is 0.159 e. The Hall–Kier alpha value is -0.630. The van der Waals surface area contributed by atoms with Crippen molar-refractivity contribution in [2.45, 2.75) is 119 Å². The van der Waals surface area contributed by atoms with Crippen molar-refractivity contribution in [3.63, 3.8) is 0 Å². The number of ketones is 1. The molecular weight excluding hydrogens is 380 g/mol. The van der Waals surface area contributed by atoms with Crippen LogP contribution in [0.3, 0.4) is 0 Å². The van der Waals surface area contributed by atoms with Gasteiger partial charge in [-0.25, -0.2) is 0 Å². The molecule has 4 rings (SSSR count). The Kier molecular flexibility index (Phi) is 6.07. The molecule has 0 aliphatic heterocycles. The molecule has 4 aliphatic rings. The summed E-state index contributed by atoms with van der Waals surface area (Å²) in [7, 11) is 0. The summed E-state index contributed by atoms with van der Waals surface area (Å²) in [6.07, 6.45) is 12.0. The molecule has 0 radical (unpaired) electrons. The summed E-state index contributed by atoms with van der Waals surface area (Å²) in [5.41, 5.74) is 3.05. The molecule has 1 N–H and O–H groups in total. The SMILES string of the molecule is CC(C)=C(C)C(=O)CC(C)(C)[C@H]1CC[C@H]2[C@@H]3CCC4CC(O)CC[C@]4(C)[C@H]3CC[C@]12C. The van der Waals surface area contributed by atoms with E-state index in [2.05, 4.69) is 41.5 Å². The van der Waals surface area contributed by atoms with Crippen LogP contribution in [-0.2, 0) is 4.79 Å². The summed E-state index contributed by atoms with van der Waals surface area (Å²) in [5, 5.41) is 10.3. The predicted molar refractivity (Wildman–Crippen MR) is 129 cm³/mol. The molecule has 0 saturated heterocycles. The summed E-state index contributed by atoms with van der Waals surface area (Å²) in [6, 6.07) is 0. The first-order valence-electron chi connectivity index (χ1n) is 13.3. The quantitative estimate of drug-likeness (QED) is 0.475. The molecule has 2 nitrogen and oxygen atoms in total. The summed E-state index contributed by atoms with van der Waals surface area (Å²) >= 11 is 0. The molecule has 0 aromatic rings. The largest absolute Gasteiger partial charge is 0.393 e. The lowest BCUT2D eigenvalue weighted by Gasteiger charge is -2.61. The number of aliphatic hydroxyl groups is 1. The first kappa shape index (κ1) is 23.5. The molecule has 8 atom stereocenters. The molecule has 4 aliphatic carbocycles. The zero-order valence-corrected chi connectivity index (χ0v) is 21.4.